The first-order chi connectivity index (χ1) is 9.36. The van der Waals surface area contributed by atoms with Gasteiger partial charge >= 0.3 is 6.18 Å². The molecule has 0 spiro atoms. The largest absolute Gasteiger partial charge is 0.416 e. The van der Waals surface area contributed by atoms with Crippen LogP contribution in [0.5, 0.6) is 0 Å². The minimum absolute atomic E-state index is 0.285. The number of hydrogen-bond donors (Lipinski definition) is 1. The summed E-state index contributed by atoms with van der Waals surface area (Å²) in [6, 6.07) is 10.7. The van der Waals surface area contributed by atoms with Crippen molar-refractivity contribution in [3.8, 4) is 0 Å². The molecular formula is C15H13ClF3N. The Hall–Kier alpha value is -1.68. The van der Waals surface area contributed by atoms with Crippen LogP contribution in [0.3, 0.4) is 0 Å². The summed E-state index contributed by atoms with van der Waals surface area (Å²) in [6.07, 6.45) is -4.32. The van der Waals surface area contributed by atoms with E-state index in [1.54, 1.807) is 12.1 Å². The number of alkyl halides is 3. The summed E-state index contributed by atoms with van der Waals surface area (Å²) in [5.74, 6) is 0. The Kier molecular flexibility index (Phi) is 4.23. The second kappa shape index (κ2) is 5.75. The molecule has 2 rings (SSSR count). The molecule has 0 atom stereocenters. The van der Waals surface area contributed by atoms with Crippen LogP contribution in [0.15, 0.2) is 42.5 Å². The van der Waals surface area contributed by atoms with E-state index < -0.39 is 11.7 Å². The fourth-order valence-corrected chi connectivity index (χ4v) is 2.01. The fourth-order valence-electron chi connectivity index (χ4n) is 1.83. The molecule has 0 amide bonds. The molecule has 0 aliphatic heterocycles. The van der Waals surface area contributed by atoms with Crippen molar-refractivity contribution in [1.29, 1.82) is 0 Å². The van der Waals surface area contributed by atoms with Gasteiger partial charge in [-0.05, 0) is 42.3 Å². The van der Waals surface area contributed by atoms with E-state index in [1.165, 1.54) is 6.07 Å². The van der Waals surface area contributed by atoms with Gasteiger partial charge in [0, 0.05) is 6.54 Å². The highest BCUT2D eigenvalue weighted by atomic mass is 35.5. The van der Waals surface area contributed by atoms with E-state index in [0.717, 1.165) is 17.7 Å². The SMILES string of the molecule is Cc1ccc(Cl)c(NCc2cccc(C(F)(F)F)c2)c1. The highest BCUT2D eigenvalue weighted by molar-refractivity contribution is 6.33. The fraction of sp³-hybridized carbons (Fsp3) is 0.200. The minimum Gasteiger partial charge on any atom is -0.380 e. The number of benzene rings is 2. The second-order valence-corrected chi connectivity index (χ2v) is 4.94. The molecule has 0 fully saturated rings. The minimum atomic E-state index is -4.32. The summed E-state index contributed by atoms with van der Waals surface area (Å²) in [4.78, 5) is 0. The Morgan fingerprint density at radius 2 is 1.85 bits per heavy atom. The second-order valence-electron chi connectivity index (χ2n) is 4.53. The van der Waals surface area contributed by atoms with Gasteiger partial charge in [0.1, 0.15) is 0 Å². The van der Waals surface area contributed by atoms with Crippen LogP contribution in [-0.4, -0.2) is 0 Å². The molecule has 0 heterocycles. The van der Waals surface area contributed by atoms with Crippen LogP contribution in [-0.2, 0) is 12.7 Å². The van der Waals surface area contributed by atoms with E-state index in [-0.39, 0.29) is 6.54 Å². The van der Waals surface area contributed by atoms with Gasteiger partial charge in [-0.2, -0.15) is 13.2 Å². The lowest BCUT2D eigenvalue weighted by Gasteiger charge is -2.11. The van der Waals surface area contributed by atoms with Crippen LogP contribution in [0.2, 0.25) is 5.02 Å². The van der Waals surface area contributed by atoms with Gasteiger partial charge in [-0.3, -0.25) is 0 Å². The molecule has 2 aromatic rings. The molecule has 20 heavy (non-hydrogen) atoms. The molecule has 1 N–H and O–H groups in total. The summed E-state index contributed by atoms with van der Waals surface area (Å²) < 4.78 is 37.8. The molecule has 2 aromatic carbocycles. The molecule has 1 nitrogen and oxygen atoms in total. The maximum absolute atomic E-state index is 12.6. The summed E-state index contributed by atoms with van der Waals surface area (Å²) in [5, 5.41) is 3.59. The number of halogens is 4. The molecule has 0 radical (unpaired) electrons. The number of hydrogen-bond acceptors (Lipinski definition) is 1. The smallest absolute Gasteiger partial charge is 0.380 e. The Morgan fingerprint density at radius 3 is 2.55 bits per heavy atom. The highest BCUT2D eigenvalue weighted by Gasteiger charge is 2.30. The molecular weight excluding hydrogens is 287 g/mol. The van der Waals surface area contributed by atoms with E-state index in [4.69, 9.17) is 11.6 Å². The molecule has 0 aliphatic carbocycles. The number of nitrogens with one attached hydrogen (secondary N) is 1. The molecule has 0 unspecified atom stereocenters. The van der Waals surface area contributed by atoms with Crippen LogP contribution in [0.25, 0.3) is 0 Å². The molecule has 5 heteroatoms. The van der Waals surface area contributed by atoms with Gasteiger partial charge in [0.25, 0.3) is 0 Å². The third-order valence-corrected chi connectivity index (χ3v) is 3.19. The van der Waals surface area contributed by atoms with Gasteiger partial charge in [0.05, 0.1) is 16.3 Å². The van der Waals surface area contributed by atoms with Crippen molar-refractivity contribution in [2.24, 2.45) is 0 Å². The molecule has 0 aromatic heterocycles. The van der Waals surface area contributed by atoms with Crippen molar-refractivity contribution in [2.45, 2.75) is 19.6 Å². The van der Waals surface area contributed by atoms with Gasteiger partial charge in [-0.15, -0.1) is 0 Å². The van der Waals surface area contributed by atoms with Crippen LogP contribution in [0.1, 0.15) is 16.7 Å². The zero-order valence-electron chi connectivity index (χ0n) is 10.8. The third kappa shape index (κ3) is 3.67. The summed E-state index contributed by atoms with van der Waals surface area (Å²) in [6.45, 7) is 2.21. The first-order valence-corrected chi connectivity index (χ1v) is 6.40. The van der Waals surface area contributed by atoms with Gasteiger partial charge in [-0.1, -0.05) is 29.8 Å². The van der Waals surface area contributed by atoms with E-state index in [9.17, 15) is 13.2 Å². The normalized spacial score (nSPS) is 11.4. The topological polar surface area (TPSA) is 12.0 Å². The number of anilines is 1. The lowest BCUT2D eigenvalue weighted by atomic mass is 10.1. The highest BCUT2D eigenvalue weighted by Crippen LogP contribution is 2.30. The lowest BCUT2D eigenvalue weighted by molar-refractivity contribution is -0.137. The van der Waals surface area contributed by atoms with Crippen molar-refractivity contribution in [2.75, 3.05) is 5.32 Å². The zero-order chi connectivity index (χ0) is 14.8. The van der Waals surface area contributed by atoms with E-state index in [2.05, 4.69) is 5.32 Å². The standard InChI is InChI=1S/C15H13ClF3N/c1-10-5-6-13(16)14(7-10)20-9-11-3-2-4-12(8-11)15(17,18)19/h2-8,20H,9H2,1H3. The Labute approximate surface area is 120 Å². The average Bonchev–Trinajstić information content (AvgIpc) is 2.39. The van der Waals surface area contributed by atoms with Crippen LogP contribution >= 0.6 is 11.6 Å². The summed E-state index contributed by atoms with van der Waals surface area (Å²) in [5.41, 5.74) is 1.65. The van der Waals surface area contributed by atoms with Gasteiger partial charge in [0.2, 0.25) is 0 Å². The predicted molar refractivity (Wildman–Crippen MR) is 75.0 cm³/mol. The maximum atomic E-state index is 12.6. The third-order valence-electron chi connectivity index (χ3n) is 2.86. The van der Waals surface area contributed by atoms with E-state index in [0.29, 0.717) is 16.3 Å². The number of aryl methyl sites for hydroxylation is 1. The van der Waals surface area contributed by atoms with Crippen molar-refractivity contribution < 1.29 is 13.2 Å². The van der Waals surface area contributed by atoms with Gasteiger partial charge < -0.3 is 5.32 Å². The lowest BCUT2D eigenvalue weighted by Crippen LogP contribution is -2.07. The van der Waals surface area contributed by atoms with Gasteiger partial charge in [0.15, 0.2) is 0 Å². The van der Waals surface area contributed by atoms with Crippen LogP contribution < -0.4 is 5.32 Å². The van der Waals surface area contributed by atoms with Crippen LogP contribution in [0.4, 0.5) is 18.9 Å². The molecule has 0 saturated carbocycles. The first kappa shape index (κ1) is 14.7. The molecule has 0 bridgehead atoms. The molecule has 106 valence electrons. The van der Waals surface area contributed by atoms with Crippen molar-refractivity contribution in [3.05, 3.63) is 64.2 Å². The zero-order valence-corrected chi connectivity index (χ0v) is 11.5. The molecule has 0 saturated heterocycles. The molecule has 0 aliphatic rings. The number of rotatable bonds is 3. The Balaban J connectivity index is 2.13. The quantitative estimate of drug-likeness (QED) is 0.813. The van der Waals surface area contributed by atoms with E-state index in [1.807, 2.05) is 19.1 Å². The first-order valence-electron chi connectivity index (χ1n) is 6.02. The van der Waals surface area contributed by atoms with Crippen molar-refractivity contribution >= 4 is 17.3 Å². The van der Waals surface area contributed by atoms with Crippen molar-refractivity contribution in [1.82, 2.24) is 0 Å². The van der Waals surface area contributed by atoms with Gasteiger partial charge in [-0.25, -0.2) is 0 Å². The summed E-state index contributed by atoms with van der Waals surface area (Å²) >= 11 is 6.02. The maximum Gasteiger partial charge on any atom is 0.416 e. The summed E-state index contributed by atoms with van der Waals surface area (Å²) in [7, 11) is 0. The Morgan fingerprint density at radius 1 is 1.10 bits per heavy atom. The van der Waals surface area contributed by atoms with Crippen LogP contribution in [0, 0.1) is 6.92 Å². The van der Waals surface area contributed by atoms with Crippen molar-refractivity contribution in [3.63, 3.8) is 0 Å². The average molecular weight is 300 g/mol. The Bertz CT molecular complexity index is 608. The predicted octanol–water partition coefficient (Wildman–Crippen LogP) is 5.28. The van der Waals surface area contributed by atoms with E-state index >= 15 is 0 Å². The monoisotopic (exact) mass is 299 g/mol.